The van der Waals surface area contributed by atoms with Crippen LogP contribution in [0.4, 0.5) is 9.59 Å². The third-order valence-corrected chi connectivity index (χ3v) is 6.21. The summed E-state index contributed by atoms with van der Waals surface area (Å²) in [6, 6.07) is 7.92. The number of carbonyl (C=O) groups excluding carboxylic acids is 5. The molecule has 0 radical (unpaired) electrons. The normalized spacial score (nSPS) is 14.4. The van der Waals surface area contributed by atoms with Crippen LogP contribution < -0.4 is 16.0 Å². The topological polar surface area (TPSA) is 152 Å². The van der Waals surface area contributed by atoms with E-state index in [1.807, 2.05) is 39.0 Å². The smallest absolute Gasteiger partial charge is 0.410 e. The minimum atomic E-state index is -1.13. The molecule has 3 N–H and O–H groups in total. The lowest BCUT2D eigenvalue weighted by atomic mass is 9.92. The molecule has 0 aliphatic carbocycles. The van der Waals surface area contributed by atoms with E-state index in [0.29, 0.717) is 31.8 Å². The number of nitrogens with one attached hydrogen (secondary N) is 3. The number of carbonyl (C=O) groups is 5. The average molecular weight is 563 g/mol. The highest BCUT2D eigenvalue weighted by Gasteiger charge is 2.27. The molecular formula is C28H42N4O8. The van der Waals surface area contributed by atoms with Crippen LogP contribution in [0.1, 0.15) is 58.4 Å². The fourth-order valence-electron chi connectivity index (χ4n) is 4.02. The maximum atomic E-state index is 12.2. The number of piperidine rings is 1. The lowest BCUT2D eigenvalue weighted by molar-refractivity contribution is -0.143. The van der Waals surface area contributed by atoms with Gasteiger partial charge in [-0.1, -0.05) is 30.3 Å². The molecule has 0 spiro atoms. The zero-order valence-corrected chi connectivity index (χ0v) is 23.8. The minimum Gasteiger partial charge on any atom is -0.467 e. The van der Waals surface area contributed by atoms with Gasteiger partial charge < -0.3 is 35.1 Å². The van der Waals surface area contributed by atoms with Gasteiger partial charge >= 0.3 is 18.2 Å². The summed E-state index contributed by atoms with van der Waals surface area (Å²) in [5, 5.41) is 7.67. The van der Waals surface area contributed by atoms with Crippen molar-refractivity contribution in [1.82, 2.24) is 20.9 Å². The maximum Gasteiger partial charge on any atom is 0.410 e. The van der Waals surface area contributed by atoms with Gasteiger partial charge in [-0.3, -0.25) is 9.59 Å². The van der Waals surface area contributed by atoms with Gasteiger partial charge in [-0.05, 0) is 51.5 Å². The van der Waals surface area contributed by atoms with Gasteiger partial charge in [-0.25, -0.2) is 14.4 Å². The largest absolute Gasteiger partial charge is 0.467 e. The Morgan fingerprint density at radius 3 is 2.25 bits per heavy atom. The van der Waals surface area contributed by atoms with E-state index in [2.05, 4.69) is 16.0 Å². The zero-order valence-electron chi connectivity index (χ0n) is 23.8. The number of rotatable bonds is 12. The molecule has 0 bridgehead atoms. The van der Waals surface area contributed by atoms with Crippen molar-refractivity contribution in [2.75, 3.05) is 33.3 Å². The predicted molar refractivity (Wildman–Crippen MR) is 146 cm³/mol. The van der Waals surface area contributed by atoms with Gasteiger partial charge in [-0.15, -0.1) is 0 Å². The molecule has 1 aromatic carbocycles. The van der Waals surface area contributed by atoms with Gasteiger partial charge in [0, 0.05) is 39.0 Å². The third kappa shape index (κ3) is 12.8. The summed E-state index contributed by atoms with van der Waals surface area (Å²) in [6.45, 7) is 6.69. The molecule has 0 saturated carbocycles. The Hall–Kier alpha value is -3.83. The van der Waals surface area contributed by atoms with Crippen molar-refractivity contribution in [1.29, 1.82) is 0 Å². The highest BCUT2D eigenvalue weighted by molar-refractivity contribution is 5.83. The highest BCUT2D eigenvalue weighted by Crippen LogP contribution is 2.23. The first-order valence-electron chi connectivity index (χ1n) is 13.5. The summed E-state index contributed by atoms with van der Waals surface area (Å²) in [5.41, 5.74) is 0.255. The Bertz CT molecular complexity index is 988. The molecule has 1 aromatic rings. The predicted octanol–water partition coefficient (Wildman–Crippen LogP) is 2.50. The molecule has 0 aromatic heterocycles. The van der Waals surface area contributed by atoms with Crippen LogP contribution in [0.5, 0.6) is 0 Å². The second-order valence-electron chi connectivity index (χ2n) is 10.6. The number of alkyl carbamates (subject to hydrolysis) is 1. The van der Waals surface area contributed by atoms with E-state index in [4.69, 9.17) is 14.2 Å². The fraction of sp³-hybridized carbons (Fsp3) is 0.607. The maximum absolute atomic E-state index is 12.2. The van der Waals surface area contributed by atoms with Crippen molar-refractivity contribution >= 4 is 30.0 Å². The van der Waals surface area contributed by atoms with Gasteiger partial charge in [0.15, 0.2) is 0 Å². The lowest BCUT2D eigenvalue weighted by Gasteiger charge is -2.33. The fourth-order valence-corrected chi connectivity index (χ4v) is 4.02. The van der Waals surface area contributed by atoms with Crippen LogP contribution >= 0.6 is 0 Å². The number of amides is 4. The van der Waals surface area contributed by atoms with E-state index in [9.17, 15) is 24.0 Å². The van der Waals surface area contributed by atoms with Crippen LogP contribution in [-0.2, 0) is 35.2 Å². The standard InChI is InChI=1S/C28H42N4O8/c1-28(2,3)40-27(37)32-16-13-20(14-17-32)10-11-23(33)29-15-12-24(34)30-18-22(25(35)38-4)31-26(36)39-19-21-8-6-5-7-9-21/h5-9,20,22H,10-19H2,1-4H3,(H,29,33)(H,30,34)(H,31,36)/t22-/m0/s1. The highest BCUT2D eigenvalue weighted by atomic mass is 16.6. The van der Waals surface area contributed by atoms with Crippen LogP contribution in [0.2, 0.25) is 0 Å². The van der Waals surface area contributed by atoms with Gasteiger partial charge in [0.2, 0.25) is 11.8 Å². The molecule has 1 aliphatic rings. The number of ether oxygens (including phenoxy) is 3. The summed E-state index contributed by atoms with van der Waals surface area (Å²) < 4.78 is 15.2. The van der Waals surface area contributed by atoms with Gasteiger partial charge in [0.25, 0.3) is 0 Å². The van der Waals surface area contributed by atoms with E-state index in [1.54, 1.807) is 17.0 Å². The molecular weight excluding hydrogens is 520 g/mol. The number of methoxy groups -OCH3 is 1. The number of benzene rings is 1. The van der Waals surface area contributed by atoms with Gasteiger partial charge in [0.1, 0.15) is 18.2 Å². The minimum absolute atomic E-state index is 0.00631. The van der Waals surface area contributed by atoms with E-state index in [0.717, 1.165) is 18.4 Å². The van der Waals surface area contributed by atoms with Crippen molar-refractivity contribution in [3.8, 4) is 0 Å². The second kappa shape index (κ2) is 16.3. The first-order chi connectivity index (χ1) is 19.0. The van der Waals surface area contributed by atoms with E-state index in [-0.39, 0.29) is 38.1 Å². The SMILES string of the molecule is COC(=O)[C@H](CNC(=O)CCNC(=O)CCC1CCN(C(=O)OC(C)(C)C)CC1)NC(=O)OCc1ccccc1. The van der Waals surface area contributed by atoms with Crippen LogP contribution in [0.3, 0.4) is 0 Å². The first kappa shape index (κ1) is 32.4. The van der Waals surface area contributed by atoms with Crippen LogP contribution in [0.15, 0.2) is 30.3 Å². The van der Waals surface area contributed by atoms with Crippen LogP contribution in [0, 0.1) is 5.92 Å². The van der Waals surface area contributed by atoms with Gasteiger partial charge in [0.05, 0.1) is 7.11 Å². The molecule has 12 heteroatoms. The first-order valence-corrected chi connectivity index (χ1v) is 13.5. The Labute approximate surface area is 235 Å². The van der Waals surface area contributed by atoms with E-state index in [1.165, 1.54) is 7.11 Å². The molecule has 1 aliphatic heterocycles. The second-order valence-corrected chi connectivity index (χ2v) is 10.6. The van der Waals surface area contributed by atoms with Gasteiger partial charge in [-0.2, -0.15) is 0 Å². The molecule has 2 rings (SSSR count). The van der Waals surface area contributed by atoms with Crippen LogP contribution in [-0.4, -0.2) is 79.8 Å². The summed E-state index contributed by atoms with van der Waals surface area (Å²) >= 11 is 0. The molecule has 4 amide bonds. The summed E-state index contributed by atoms with van der Waals surface area (Å²) in [4.78, 5) is 62.4. The Morgan fingerprint density at radius 1 is 0.975 bits per heavy atom. The summed E-state index contributed by atoms with van der Waals surface area (Å²) in [5.74, 6) is -0.946. The lowest BCUT2D eigenvalue weighted by Crippen LogP contribution is -2.49. The Morgan fingerprint density at radius 2 is 1.62 bits per heavy atom. The average Bonchev–Trinajstić information content (AvgIpc) is 2.92. The van der Waals surface area contributed by atoms with E-state index >= 15 is 0 Å². The molecule has 1 saturated heterocycles. The number of likely N-dealkylation sites (tertiary alicyclic amines) is 1. The monoisotopic (exact) mass is 562 g/mol. The van der Waals surface area contributed by atoms with Crippen molar-refractivity contribution < 1.29 is 38.2 Å². The van der Waals surface area contributed by atoms with E-state index < -0.39 is 29.6 Å². The van der Waals surface area contributed by atoms with Crippen molar-refractivity contribution in [3.05, 3.63) is 35.9 Å². The van der Waals surface area contributed by atoms with Crippen molar-refractivity contribution in [3.63, 3.8) is 0 Å². The molecule has 12 nitrogen and oxygen atoms in total. The van der Waals surface area contributed by atoms with Crippen molar-refractivity contribution in [2.45, 2.75) is 71.1 Å². The quantitative estimate of drug-likeness (QED) is 0.260. The Kier molecular flexibility index (Phi) is 13.2. The summed E-state index contributed by atoms with van der Waals surface area (Å²) in [7, 11) is 1.17. The molecule has 1 heterocycles. The molecule has 222 valence electrons. The molecule has 1 atom stereocenters. The summed E-state index contributed by atoms with van der Waals surface area (Å²) in [6.07, 6.45) is 1.53. The zero-order chi connectivity index (χ0) is 29.5. The molecule has 1 fully saturated rings. The Balaban J connectivity index is 1.61. The molecule has 40 heavy (non-hydrogen) atoms. The third-order valence-electron chi connectivity index (χ3n) is 6.21. The van der Waals surface area contributed by atoms with Crippen LogP contribution in [0.25, 0.3) is 0 Å². The van der Waals surface area contributed by atoms with Crippen molar-refractivity contribution in [2.24, 2.45) is 5.92 Å². The number of nitrogens with zero attached hydrogens (tertiary/aromatic N) is 1. The number of hydrogen-bond acceptors (Lipinski definition) is 8. The number of esters is 1. The number of hydrogen-bond donors (Lipinski definition) is 3. The molecule has 0 unspecified atom stereocenters.